The van der Waals surface area contributed by atoms with Crippen LogP contribution in [0, 0.1) is 0 Å². The Morgan fingerprint density at radius 2 is 1.07 bits per heavy atom. The lowest BCUT2D eigenvalue weighted by molar-refractivity contribution is 0.780. The molecule has 1 atom stereocenters. The maximum Gasteiger partial charge on any atom is 0.134 e. The van der Waals surface area contributed by atoms with Gasteiger partial charge in [-0.15, -0.1) is 0 Å². The van der Waals surface area contributed by atoms with E-state index in [0.717, 1.165) is 54.9 Å². The third-order valence-corrected chi connectivity index (χ3v) is 8.13. The molecule has 5 aromatic carbocycles. The summed E-state index contributed by atoms with van der Waals surface area (Å²) in [7, 11) is 0. The van der Waals surface area contributed by atoms with Crippen LogP contribution in [0.15, 0.2) is 167 Å². The zero-order valence-corrected chi connectivity index (χ0v) is 24.9. The molecule has 0 saturated carbocycles. The normalized spacial score (nSPS) is 14.4. The van der Waals surface area contributed by atoms with Gasteiger partial charge in [-0.3, -0.25) is 4.98 Å². The summed E-state index contributed by atoms with van der Waals surface area (Å²) in [5.41, 5.74) is 11.2. The molecule has 0 spiro atoms. The quantitative estimate of drug-likeness (QED) is 0.202. The second kappa shape index (κ2) is 12.0. The van der Waals surface area contributed by atoms with Crippen LogP contribution < -0.4 is 5.32 Å². The van der Waals surface area contributed by atoms with Crippen molar-refractivity contribution in [3.63, 3.8) is 0 Å². The van der Waals surface area contributed by atoms with Crippen LogP contribution in [-0.2, 0) is 0 Å². The Kier molecular flexibility index (Phi) is 7.51. The van der Waals surface area contributed by atoms with Gasteiger partial charge in [0.1, 0.15) is 5.84 Å². The second-order valence-corrected chi connectivity index (χ2v) is 11.5. The van der Waals surface area contributed by atoms with Crippen molar-refractivity contribution < 1.29 is 0 Å². The molecule has 0 aliphatic carbocycles. The van der Waals surface area contributed by atoms with Crippen LogP contribution in [0.5, 0.6) is 0 Å². The van der Waals surface area contributed by atoms with Crippen LogP contribution in [0.2, 0.25) is 0 Å². The van der Waals surface area contributed by atoms with Crippen molar-refractivity contribution in [2.24, 2.45) is 4.99 Å². The van der Waals surface area contributed by atoms with Crippen LogP contribution >= 0.6 is 15.9 Å². The van der Waals surface area contributed by atoms with Gasteiger partial charge in [-0.05, 0) is 74.8 Å². The number of aliphatic imine (C=N–C) groups is 1. The van der Waals surface area contributed by atoms with Gasteiger partial charge in [0.05, 0.1) is 11.7 Å². The molecule has 43 heavy (non-hydrogen) atoms. The summed E-state index contributed by atoms with van der Waals surface area (Å²) < 4.78 is 1.03. The Bertz CT molecular complexity index is 1910. The molecule has 4 heteroatoms. The first kappa shape index (κ1) is 26.8. The van der Waals surface area contributed by atoms with Gasteiger partial charge < -0.3 is 5.32 Å². The molecule has 0 fully saturated rings. The number of nitrogens with one attached hydrogen (secondary N) is 1. The number of hydrogen-bond donors (Lipinski definition) is 1. The predicted octanol–water partition coefficient (Wildman–Crippen LogP) is 9.98. The number of halogens is 1. The number of hydrogen-bond acceptors (Lipinski definition) is 3. The van der Waals surface area contributed by atoms with Crippen molar-refractivity contribution in [3.8, 4) is 33.4 Å². The Labute approximate surface area is 260 Å². The predicted molar refractivity (Wildman–Crippen MR) is 182 cm³/mol. The van der Waals surface area contributed by atoms with E-state index in [0.29, 0.717) is 0 Å². The molecular weight excluding hydrogens is 590 g/mol. The zero-order valence-electron chi connectivity index (χ0n) is 23.4. The first-order valence-corrected chi connectivity index (χ1v) is 15.1. The van der Waals surface area contributed by atoms with E-state index in [4.69, 9.17) is 4.99 Å². The fourth-order valence-corrected chi connectivity index (χ4v) is 5.94. The number of pyridine rings is 1. The van der Waals surface area contributed by atoms with Gasteiger partial charge in [-0.2, -0.15) is 0 Å². The van der Waals surface area contributed by atoms with Crippen LogP contribution in [-0.4, -0.2) is 10.8 Å². The third kappa shape index (κ3) is 5.97. The van der Waals surface area contributed by atoms with Crippen molar-refractivity contribution in [1.82, 2.24) is 10.3 Å². The molecule has 206 valence electrons. The summed E-state index contributed by atoms with van der Waals surface area (Å²) >= 11 is 3.79. The molecule has 0 bridgehead atoms. The van der Waals surface area contributed by atoms with E-state index < -0.39 is 0 Å². The Balaban J connectivity index is 1.24. The van der Waals surface area contributed by atoms with E-state index in [9.17, 15) is 0 Å². The second-order valence-electron chi connectivity index (χ2n) is 10.5. The van der Waals surface area contributed by atoms with Gasteiger partial charge in [0, 0.05) is 22.4 Å². The third-order valence-electron chi connectivity index (χ3n) is 7.68. The molecule has 0 radical (unpaired) electrons. The largest absolute Gasteiger partial charge is 0.359 e. The van der Waals surface area contributed by atoms with Crippen LogP contribution in [0.1, 0.15) is 22.7 Å². The monoisotopic (exact) mass is 617 g/mol. The van der Waals surface area contributed by atoms with Crippen molar-refractivity contribution in [2.45, 2.75) is 6.04 Å². The molecule has 0 amide bonds. The molecule has 1 aliphatic rings. The molecule has 1 N–H and O–H groups in total. The number of amidine groups is 1. The van der Waals surface area contributed by atoms with E-state index in [1.165, 1.54) is 11.1 Å². The molecule has 3 nitrogen and oxygen atoms in total. The van der Waals surface area contributed by atoms with Gasteiger partial charge in [0.25, 0.3) is 0 Å². The highest BCUT2D eigenvalue weighted by molar-refractivity contribution is 9.10. The van der Waals surface area contributed by atoms with Crippen molar-refractivity contribution in [3.05, 3.63) is 179 Å². The standard InChI is InChI=1S/C39H28BrN3/c40-36-23-34(30-15-13-29(14-16-30)33-12-7-21-41-26-33)22-35(24-36)38-25-37(42-39(43-38)32-10-5-2-6-11-32)31-19-17-28(18-20-31)27-8-3-1-4-9-27/h1-26,38H,(H,42,43). The van der Waals surface area contributed by atoms with Crippen LogP contribution in [0.25, 0.3) is 39.1 Å². The minimum atomic E-state index is -0.0672. The zero-order chi connectivity index (χ0) is 29.0. The van der Waals surface area contributed by atoms with Gasteiger partial charge in [-0.25, -0.2) is 4.99 Å². The molecular formula is C39H28BrN3. The maximum atomic E-state index is 5.09. The van der Waals surface area contributed by atoms with E-state index in [-0.39, 0.29) is 6.04 Å². The highest BCUT2D eigenvalue weighted by Gasteiger charge is 2.21. The summed E-state index contributed by atoms with van der Waals surface area (Å²) in [6, 6.07) is 48.7. The molecule has 1 aromatic heterocycles. The first-order chi connectivity index (χ1) is 21.2. The first-order valence-electron chi connectivity index (χ1n) is 14.3. The maximum absolute atomic E-state index is 5.09. The summed E-state index contributed by atoms with van der Waals surface area (Å²) in [5.74, 6) is 0.859. The molecule has 1 unspecified atom stereocenters. The van der Waals surface area contributed by atoms with Gasteiger partial charge in [0.15, 0.2) is 0 Å². The van der Waals surface area contributed by atoms with Crippen molar-refractivity contribution >= 4 is 27.5 Å². The van der Waals surface area contributed by atoms with Crippen molar-refractivity contribution in [2.75, 3.05) is 0 Å². The van der Waals surface area contributed by atoms with Gasteiger partial charge in [-0.1, -0.05) is 131 Å². The fraction of sp³-hybridized carbons (Fsp3) is 0.0256. The van der Waals surface area contributed by atoms with E-state index in [2.05, 4.69) is 142 Å². The lowest BCUT2D eigenvalue weighted by Crippen LogP contribution is -2.31. The minimum Gasteiger partial charge on any atom is -0.359 e. The molecule has 7 rings (SSSR count). The average Bonchev–Trinajstić information content (AvgIpc) is 3.09. The lowest BCUT2D eigenvalue weighted by atomic mass is 9.95. The fourth-order valence-electron chi connectivity index (χ4n) is 5.43. The Morgan fingerprint density at radius 3 is 1.72 bits per heavy atom. The molecule has 2 heterocycles. The Hall–Kier alpha value is -5.06. The van der Waals surface area contributed by atoms with E-state index >= 15 is 0 Å². The molecule has 0 saturated heterocycles. The average molecular weight is 619 g/mol. The minimum absolute atomic E-state index is 0.0672. The summed E-state index contributed by atoms with van der Waals surface area (Å²) in [6.45, 7) is 0. The van der Waals surface area contributed by atoms with E-state index in [1.54, 1.807) is 6.20 Å². The van der Waals surface area contributed by atoms with Crippen LogP contribution in [0.3, 0.4) is 0 Å². The lowest BCUT2D eigenvalue weighted by Gasteiger charge is -2.25. The molecule has 1 aliphatic heterocycles. The highest BCUT2D eigenvalue weighted by atomic mass is 79.9. The summed E-state index contributed by atoms with van der Waals surface area (Å²) in [5, 5.41) is 3.71. The van der Waals surface area contributed by atoms with Gasteiger partial charge >= 0.3 is 0 Å². The summed E-state index contributed by atoms with van der Waals surface area (Å²) in [4.78, 5) is 9.35. The Morgan fingerprint density at radius 1 is 0.512 bits per heavy atom. The van der Waals surface area contributed by atoms with Gasteiger partial charge in [0.2, 0.25) is 0 Å². The topological polar surface area (TPSA) is 37.3 Å². The van der Waals surface area contributed by atoms with Crippen LogP contribution in [0.4, 0.5) is 0 Å². The number of benzene rings is 5. The SMILES string of the molecule is Brc1cc(-c2ccc(-c3cccnc3)cc2)cc(C2C=C(c3ccc(-c4ccccc4)cc3)N=C(c3ccccc3)N2)c1. The van der Waals surface area contributed by atoms with E-state index in [1.807, 2.05) is 36.5 Å². The summed E-state index contributed by atoms with van der Waals surface area (Å²) in [6.07, 6.45) is 5.92. The number of nitrogens with zero attached hydrogens (tertiary/aromatic N) is 2. The van der Waals surface area contributed by atoms with Crippen molar-refractivity contribution in [1.29, 1.82) is 0 Å². The molecule has 6 aromatic rings. The number of rotatable bonds is 6. The highest BCUT2D eigenvalue weighted by Crippen LogP contribution is 2.34. The number of aromatic nitrogens is 1. The smallest absolute Gasteiger partial charge is 0.134 e.